The van der Waals surface area contributed by atoms with Gasteiger partial charge in [0.25, 0.3) is 0 Å². The molecule has 0 aliphatic heterocycles. The van der Waals surface area contributed by atoms with E-state index < -0.39 is 0 Å². The molecule has 3 N–H and O–H groups in total. The van der Waals surface area contributed by atoms with Gasteiger partial charge in [-0.3, -0.25) is 4.79 Å². The van der Waals surface area contributed by atoms with Gasteiger partial charge in [-0.25, -0.2) is 0 Å². The van der Waals surface area contributed by atoms with Crippen LogP contribution in [0.5, 0.6) is 11.5 Å². The molecule has 0 bridgehead atoms. The summed E-state index contributed by atoms with van der Waals surface area (Å²) in [5, 5.41) is 20.9. The first-order chi connectivity index (χ1) is 10.1. The van der Waals surface area contributed by atoms with Crippen LogP contribution in [0.25, 0.3) is 12.2 Å². The summed E-state index contributed by atoms with van der Waals surface area (Å²) in [6.45, 7) is 0. The van der Waals surface area contributed by atoms with Crippen molar-refractivity contribution in [3.05, 3.63) is 71.9 Å². The van der Waals surface area contributed by atoms with Gasteiger partial charge >= 0.3 is 0 Å². The standard InChI is InChI=1S/C17H15NO3/c19-15-6-1-13(2-7-15)5-10-17(21)18-12-11-14-3-8-16(20)9-4-14/h1-12,19-20H,(H,18,21)/b10-5+,12-11+. The van der Waals surface area contributed by atoms with E-state index in [0.29, 0.717) is 0 Å². The number of carbonyl (C=O) groups is 1. The molecular formula is C17H15NO3. The molecule has 2 aromatic carbocycles. The molecule has 4 heteroatoms. The van der Waals surface area contributed by atoms with E-state index in [2.05, 4.69) is 5.32 Å². The average Bonchev–Trinajstić information content (AvgIpc) is 2.49. The zero-order valence-electron chi connectivity index (χ0n) is 11.2. The molecule has 106 valence electrons. The number of phenols is 2. The number of rotatable bonds is 4. The van der Waals surface area contributed by atoms with Gasteiger partial charge in [-0.15, -0.1) is 0 Å². The minimum atomic E-state index is -0.252. The van der Waals surface area contributed by atoms with E-state index in [1.54, 1.807) is 60.7 Å². The quantitative estimate of drug-likeness (QED) is 0.755. The number of hydrogen-bond acceptors (Lipinski definition) is 3. The van der Waals surface area contributed by atoms with E-state index >= 15 is 0 Å². The normalized spacial score (nSPS) is 11.0. The van der Waals surface area contributed by atoms with E-state index in [1.165, 1.54) is 12.3 Å². The van der Waals surface area contributed by atoms with Crippen molar-refractivity contribution in [2.24, 2.45) is 0 Å². The number of aromatic hydroxyl groups is 2. The SMILES string of the molecule is O=C(/C=C/c1ccc(O)cc1)N/C=C/c1ccc(O)cc1. The molecule has 4 nitrogen and oxygen atoms in total. The minimum absolute atomic E-state index is 0.188. The van der Waals surface area contributed by atoms with E-state index in [-0.39, 0.29) is 17.4 Å². The molecule has 21 heavy (non-hydrogen) atoms. The van der Waals surface area contributed by atoms with Crippen molar-refractivity contribution in [2.45, 2.75) is 0 Å². The Kier molecular flexibility index (Phi) is 4.77. The summed E-state index contributed by atoms with van der Waals surface area (Å²) >= 11 is 0. The monoisotopic (exact) mass is 281 g/mol. The van der Waals surface area contributed by atoms with Crippen LogP contribution in [-0.2, 0) is 4.79 Å². The Morgan fingerprint density at radius 3 is 1.81 bits per heavy atom. The molecule has 2 rings (SSSR count). The van der Waals surface area contributed by atoms with E-state index in [0.717, 1.165) is 11.1 Å². The van der Waals surface area contributed by atoms with Crippen LogP contribution in [0, 0.1) is 0 Å². The van der Waals surface area contributed by atoms with Crippen molar-refractivity contribution in [3.63, 3.8) is 0 Å². The lowest BCUT2D eigenvalue weighted by Gasteiger charge is -1.96. The highest BCUT2D eigenvalue weighted by Crippen LogP contribution is 2.11. The zero-order chi connectivity index (χ0) is 15.1. The Balaban J connectivity index is 1.87. The second kappa shape index (κ2) is 6.96. The number of nitrogens with one attached hydrogen (secondary N) is 1. The summed E-state index contributed by atoms with van der Waals surface area (Å²) in [5.41, 5.74) is 1.70. The summed E-state index contributed by atoms with van der Waals surface area (Å²) in [7, 11) is 0. The average molecular weight is 281 g/mol. The van der Waals surface area contributed by atoms with Crippen LogP contribution in [0.2, 0.25) is 0 Å². The molecule has 0 atom stereocenters. The molecule has 0 aliphatic carbocycles. The Morgan fingerprint density at radius 1 is 0.810 bits per heavy atom. The minimum Gasteiger partial charge on any atom is -0.508 e. The summed E-state index contributed by atoms with van der Waals surface area (Å²) in [6, 6.07) is 13.2. The first-order valence-electron chi connectivity index (χ1n) is 6.37. The third kappa shape index (κ3) is 4.87. The van der Waals surface area contributed by atoms with Crippen LogP contribution >= 0.6 is 0 Å². The number of hydrogen-bond donors (Lipinski definition) is 3. The highest BCUT2D eigenvalue weighted by Gasteiger charge is 1.93. The fourth-order valence-electron chi connectivity index (χ4n) is 1.61. The first-order valence-corrected chi connectivity index (χ1v) is 6.37. The lowest BCUT2D eigenvalue weighted by atomic mass is 10.2. The van der Waals surface area contributed by atoms with E-state index in [9.17, 15) is 4.79 Å². The van der Waals surface area contributed by atoms with Gasteiger partial charge in [-0.1, -0.05) is 24.3 Å². The second-order valence-corrected chi connectivity index (χ2v) is 4.36. The second-order valence-electron chi connectivity index (χ2n) is 4.36. The first kappa shape index (κ1) is 14.4. The van der Waals surface area contributed by atoms with E-state index in [4.69, 9.17) is 10.2 Å². The topological polar surface area (TPSA) is 69.6 Å². The molecule has 0 spiro atoms. The fourth-order valence-corrected chi connectivity index (χ4v) is 1.61. The third-order valence-electron chi connectivity index (χ3n) is 2.71. The highest BCUT2D eigenvalue weighted by molar-refractivity contribution is 5.92. The van der Waals surface area contributed by atoms with Gasteiger partial charge in [0.2, 0.25) is 5.91 Å². The number of carbonyl (C=O) groups excluding carboxylic acids is 1. The van der Waals surface area contributed by atoms with E-state index in [1.807, 2.05) is 0 Å². The predicted molar refractivity (Wildman–Crippen MR) is 82.4 cm³/mol. The molecule has 2 aromatic rings. The maximum atomic E-state index is 11.6. The van der Waals surface area contributed by atoms with Gasteiger partial charge in [0.15, 0.2) is 0 Å². The van der Waals surface area contributed by atoms with Gasteiger partial charge in [0, 0.05) is 12.3 Å². The molecule has 1 amide bonds. The maximum Gasteiger partial charge on any atom is 0.247 e. The molecule has 0 aliphatic rings. The van der Waals surface area contributed by atoms with Crippen LogP contribution in [0.15, 0.2) is 60.8 Å². The van der Waals surface area contributed by atoms with Gasteiger partial charge in [-0.05, 0) is 47.5 Å². The third-order valence-corrected chi connectivity index (χ3v) is 2.71. The van der Waals surface area contributed by atoms with Crippen molar-refractivity contribution in [1.29, 1.82) is 0 Å². The molecule has 0 aromatic heterocycles. The van der Waals surface area contributed by atoms with Crippen molar-refractivity contribution >= 4 is 18.1 Å². The van der Waals surface area contributed by atoms with Gasteiger partial charge in [0.1, 0.15) is 11.5 Å². The summed E-state index contributed by atoms with van der Waals surface area (Å²) < 4.78 is 0. The molecule has 0 radical (unpaired) electrons. The number of benzene rings is 2. The summed E-state index contributed by atoms with van der Waals surface area (Å²) in [4.78, 5) is 11.6. The van der Waals surface area contributed by atoms with Crippen molar-refractivity contribution in [2.75, 3.05) is 0 Å². The van der Waals surface area contributed by atoms with Crippen LogP contribution in [0.3, 0.4) is 0 Å². The molecule has 0 saturated carbocycles. The lowest BCUT2D eigenvalue weighted by molar-refractivity contribution is -0.115. The number of amides is 1. The summed E-state index contributed by atoms with van der Waals surface area (Å²) in [6.07, 6.45) is 6.33. The maximum absolute atomic E-state index is 11.6. The molecule has 0 heterocycles. The van der Waals surface area contributed by atoms with Gasteiger partial charge in [-0.2, -0.15) is 0 Å². The Morgan fingerprint density at radius 2 is 1.29 bits per heavy atom. The Hall–Kier alpha value is -3.01. The van der Waals surface area contributed by atoms with Crippen LogP contribution in [0.4, 0.5) is 0 Å². The highest BCUT2D eigenvalue weighted by atomic mass is 16.3. The van der Waals surface area contributed by atoms with Gasteiger partial charge < -0.3 is 15.5 Å². The Labute approximate surface area is 122 Å². The Bertz CT molecular complexity index is 655. The fraction of sp³-hybridized carbons (Fsp3) is 0. The summed E-state index contributed by atoms with van der Waals surface area (Å²) in [5.74, 6) is 0.138. The molecule has 0 unspecified atom stereocenters. The smallest absolute Gasteiger partial charge is 0.247 e. The van der Waals surface area contributed by atoms with Gasteiger partial charge in [0.05, 0.1) is 0 Å². The lowest BCUT2D eigenvalue weighted by Crippen LogP contribution is -2.12. The zero-order valence-corrected chi connectivity index (χ0v) is 11.2. The predicted octanol–water partition coefficient (Wildman–Crippen LogP) is 2.90. The largest absolute Gasteiger partial charge is 0.508 e. The number of phenolic OH excluding ortho intramolecular Hbond substituents is 2. The van der Waals surface area contributed by atoms with Crippen LogP contribution < -0.4 is 5.32 Å². The van der Waals surface area contributed by atoms with Crippen molar-refractivity contribution < 1.29 is 15.0 Å². The van der Waals surface area contributed by atoms with Crippen molar-refractivity contribution in [1.82, 2.24) is 5.32 Å². The van der Waals surface area contributed by atoms with Crippen LogP contribution in [-0.4, -0.2) is 16.1 Å². The molecule has 0 fully saturated rings. The van der Waals surface area contributed by atoms with Crippen molar-refractivity contribution in [3.8, 4) is 11.5 Å². The molecule has 0 saturated heterocycles. The van der Waals surface area contributed by atoms with Crippen LogP contribution in [0.1, 0.15) is 11.1 Å². The molecular weight excluding hydrogens is 266 g/mol.